The lowest BCUT2D eigenvalue weighted by Gasteiger charge is -2.22. The van der Waals surface area contributed by atoms with Crippen LogP contribution in [0.25, 0.3) is 10.9 Å². The zero-order valence-corrected chi connectivity index (χ0v) is 11.7. The van der Waals surface area contributed by atoms with Crippen molar-refractivity contribution in [2.24, 2.45) is 5.92 Å². The van der Waals surface area contributed by atoms with E-state index in [4.69, 9.17) is 0 Å². The van der Waals surface area contributed by atoms with Gasteiger partial charge in [-0.3, -0.25) is 9.78 Å². The summed E-state index contributed by atoms with van der Waals surface area (Å²) in [7, 11) is 0. The van der Waals surface area contributed by atoms with E-state index in [0.29, 0.717) is 17.3 Å². The summed E-state index contributed by atoms with van der Waals surface area (Å²) in [5.74, 6) is 1.22. The highest BCUT2D eigenvalue weighted by Gasteiger charge is 2.13. The van der Waals surface area contributed by atoms with E-state index in [0.717, 1.165) is 30.7 Å². The van der Waals surface area contributed by atoms with E-state index in [2.05, 4.69) is 20.6 Å². The van der Waals surface area contributed by atoms with Gasteiger partial charge in [0.2, 0.25) is 5.95 Å². The zero-order chi connectivity index (χ0) is 13.9. The quantitative estimate of drug-likeness (QED) is 0.794. The van der Waals surface area contributed by atoms with Gasteiger partial charge in [-0.1, -0.05) is 12.1 Å². The first-order chi connectivity index (χ1) is 9.74. The first kappa shape index (κ1) is 13.1. The second-order valence-corrected chi connectivity index (χ2v) is 5.46. The molecule has 1 aliphatic rings. The van der Waals surface area contributed by atoms with E-state index >= 15 is 0 Å². The minimum absolute atomic E-state index is 0.0686. The van der Waals surface area contributed by atoms with Gasteiger partial charge in [-0.25, -0.2) is 4.98 Å². The van der Waals surface area contributed by atoms with Crippen molar-refractivity contribution in [2.45, 2.75) is 19.8 Å². The molecule has 0 spiro atoms. The second-order valence-electron chi connectivity index (χ2n) is 5.46. The standard InChI is InChI=1S/C15H20N4O/c1-10-3-2-4-12-13(10)14(20)19-15(18-12)17-9-11-5-7-16-8-6-11/h2-4,11,16H,5-9H2,1H3,(H2,17,18,19,20). The van der Waals surface area contributed by atoms with Crippen LogP contribution < -0.4 is 16.2 Å². The van der Waals surface area contributed by atoms with Crippen LogP contribution in [-0.4, -0.2) is 29.6 Å². The summed E-state index contributed by atoms with van der Waals surface area (Å²) in [5, 5.41) is 7.30. The van der Waals surface area contributed by atoms with Crippen LogP contribution in [0.2, 0.25) is 0 Å². The van der Waals surface area contributed by atoms with Gasteiger partial charge in [-0.2, -0.15) is 0 Å². The van der Waals surface area contributed by atoms with Crippen molar-refractivity contribution in [3.05, 3.63) is 34.1 Å². The molecule has 0 atom stereocenters. The summed E-state index contributed by atoms with van der Waals surface area (Å²) in [6, 6.07) is 5.75. The monoisotopic (exact) mass is 272 g/mol. The normalized spacial score (nSPS) is 16.4. The van der Waals surface area contributed by atoms with Crippen molar-refractivity contribution in [1.82, 2.24) is 15.3 Å². The lowest BCUT2D eigenvalue weighted by Crippen LogP contribution is -2.31. The van der Waals surface area contributed by atoms with Gasteiger partial charge in [0.05, 0.1) is 10.9 Å². The second kappa shape index (κ2) is 5.63. The maximum atomic E-state index is 12.1. The van der Waals surface area contributed by atoms with Crippen molar-refractivity contribution in [3.8, 4) is 0 Å². The van der Waals surface area contributed by atoms with Gasteiger partial charge < -0.3 is 10.6 Å². The van der Waals surface area contributed by atoms with Gasteiger partial charge in [-0.05, 0) is 50.4 Å². The van der Waals surface area contributed by atoms with Crippen molar-refractivity contribution >= 4 is 16.9 Å². The Balaban J connectivity index is 1.80. The molecule has 106 valence electrons. The van der Waals surface area contributed by atoms with Crippen LogP contribution in [0.15, 0.2) is 23.0 Å². The Morgan fingerprint density at radius 1 is 1.35 bits per heavy atom. The van der Waals surface area contributed by atoms with Gasteiger partial charge in [-0.15, -0.1) is 0 Å². The Morgan fingerprint density at radius 3 is 2.95 bits per heavy atom. The number of nitrogens with one attached hydrogen (secondary N) is 3. The Morgan fingerprint density at radius 2 is 2.15 bits per heavy atom. The molecule has 1 fully saturated rings. The molecule has 2 aromatic rings. The fourth-order valence-corrected chi connectivity index (χ4v) is 2.77. The number of fused-ring (bicyclic) bond motifs is 1. The van der Waals surface area contributed by atoms with Crippen LogP contribution in [0.3, 0.4) is 0 Å². The number of aryl methyl sites for hydroxylation is 1. The third-order valence-corrected chi connectivity index (χ3v) is 3.96. The number of anilines is 1. The molecule has 0 unspecified atom stereocenters. The molecule has 1 aromatic heterocycles. The van der Waals surface area contributed by atoms with Crippen LogP contribution in [0.1, 0.15) is 18.4 Å². The molecule has 0 saturated carbocycles. The number of hydrogen-bond donors (Lipinski definition) is 3. The topological polar surface area (TPSA) is 69.8 Å². The summed E-state index contributed by atoms with van der Waals surface area (Å²) in [5.41, 5.74) is 1.64. The van der Waals surface area contributed by atoms with Gasteiger partial charge >= 0.3 is 0 Å². The molecule has 5 nitrogen and oxygen atoms in total. The third-order valence-electron chi connectivity index (χ3n) is 3.96. The highest BCUT2D eigenvalue weighted by Crippen LogP contribution is 2.15. The highest BCUT2D eigenvalue weighted by molar-refractivity contribution is 5.81. The molecule has 2 heterocycles. The number of rotatable bonds is 3. The molecule has 0 radical (unpaired) electrons. The zero-order valence-electron chi connectivity index (χ0n) is 11.7. The predicted octanol–water partition coefficient (Wildman–Crippen LogP) is 1.64. The molecule has 5 heteroatoms. The minimum atomic E-state index is -0.0686. The molecule has 3 rings (SSSR count). The van der Waals surface area contributed by atoms with E-state index in [1.807, 2.05) is 25.1 Å². The fourth-order valence-electron chi connectivity index (χ4n) is 2.77. The smallest absolute Gasteiger partial charge is 0.260 e. The largest absolute Gasteiger partial charge is 0.355 e. The predicted molar refractivity (Wildman–Crippen MR) is 81.2 cm³/mol. The number of hydrogen-bond acceptors (Lipinski definition) is 4. The van der Waals surface area contributed by atoms with Crippen LogP contribution in [0, 0.1) is 12.8 Å². The number of H-pyrrole nitrogens is 1. The number of aromatic nitrogens is 2. The van der Waals surface area contributed by atoms with Gasteiger partial charge in [0.1, 0.15) is 0 Å². The van der Waals surface area contributed by atoms with Gasteiger partial charge in [0.25, 0.3) is 5.56 Å². The van der Waals surface area contributed by atoms with Crippen LogP contribution in [0.4, 0.5) is 5.95 Å². The maximum absolute atomic E-state index is 12.1. The molecular formula is C15H20N4O. The Kier molecular flexibility index (Phi) is 3.69. The van der Waals surface area contributed by atoms with Gasteiger partial charge in [0.15, 0.2) is 0 Å². The molecule has 20 heavy (non-hydrogen) atoms. The van der Waals surface area contributed by atoms with Crippen molar-refractivity contribution in [1.29, 1.82) is 0 Å². The van der Waals surface area contributed by atoms with Crippen molar-refractivity contribution < 1.29 is 0 Å². The summed E-state index contributed by atoms with van der Waals surface area (Å²) in [6.07, 6.45) is 2.34. The number of piperidine rings is 1. The summed E-state index contributed by atoms with van der Waals surface area (Å²) in [4.78, 5) is 19.5. The van der Waals surface area contributed by atoms with Crippen LogP contribution >= 0.6 is 0 Å². The molecular weight excluding hydrogens is 252 g/mol. The SMILES string of the molecule is Cc1cccc2nc(NCC3CCNCC3)[nH]c(=O)c12. The summed E-state index contributed by atoms with van der Waals surface area (Å²) >= 11 is 0. The molecule has 1 aliphatic heterocycles. The molecule has 3 N–H and O–H groups in total. The lowest BCUT2D eigenvalue weighted by molar-refractivity contribution is 0.389. The van der Waals surface area contributed by atoms with E-state index < -0.39 is 0 Å². The Hall–Kier alpha value is -1.88. The van der Waals surface area contributed by atoms with Crippen LogP contribution in [0.5, 0.6) is 0 Å². The van der Waals surface area contributed by atoms with Crippen LogP contribution in [-0.2, 0) is 0 Å². The Labute approximate surface area is 117 Å². The van der Waals surface area contributed by atoms with E-state index in [1.54, 1.807) is 0 Å². The maximum Gasteiger partial charge on any atom is 0.260 e. The van der Waals surface area contributed by atoms with E-state index in [-0.39, 0.29) is 5.56 Å². The molecule has 0 bridgehead atoms. The molecule has 0 amide bonds. The first-order valence-corrected chi connectivity index (χ1v) is 7.18. The lowest BCUT2D eigenvalue weighted by atomic mass is 9.98. The average molecular weight is 272 g/mol. The third kappa shape index (κ3) is 2.67. The fraction of sp³-hybridized carbons (Fsp3) is 0.467. The minimum Gasteiger partial charge on any atom is -0.355 e. The Bertz CT molecular complexity index is 658. The number of nitrogens with zero attached hydrogens (tertiary/aromatic N) is 1. The number of benzene rings is 1. The first-order valence-electron chi connectivity index (χ1n) is 7.18. The van der Waals surface area contributed by atoms with E-state index in [9.17, 15) is 4.79 Å². The molecule has 0 aliphatic carbocycles. The molecule has 1 saturated heterocycles. The molecule has 1 aromatic carbocycles. The van der Waals surface area contributed by atoms with Gasteiger partial charge in [0, 0.05) is 6.54 Å². The average Bonchev–Trinajstić information content (AvgIpc) is 2.46. The number of aromatic amines is 1. The van der Waals surface area contributed by atoms with E-state index in [1.165, 1.54) is 12.8 Å². The van der Waals surface area contributed by atoms with Crippen molar-refractivity contribution in [2.75, 3.05) is 25.0 Å². The highest BCUT2D eigenvalue weighted by atomic mass is 16.1. The summed E-state index contributed by atoms with van der Waals surface area (Å²) in [6.45, 7) is 4.95. The van der Waals surface area contributed by atoms with Crippen molar-refractivity contribution in [3.63, 3.8) is 0 Å². The summed E-state index contributed by atoms with van der Waals surface area (Å²) < 4.78 is 0.